The summed E-state index contributed by atoms with van der Waals surface area (Å²) in [6.07, 6.45) is 4.47. The van der Waals surface area contributed by atoms with Crippen molar-refractivity contribution in [2.24, 2.45) is 0 Å². The van der Waals surface area contributed by atoms with E-state index in [9.17, 15) is 0 Å². The van der Waals surface area contributed by atoms with Gasteiger partial charge in [0.25, 0.3) is 0 Å². The molecule has 0 radical (unpaired) electrons. The van der Waals surface area contributed by atoms with Gasteiger partial charge in [-0.1, -0.05) is 57.0 Å². The van der Waals surface area contributed by atoms with Crippen molar-refractivity contribution in [1.82, 2.24) is 19.9 Å². The highest BCUT2D eigenvalue weighted by molar-refractivity contribution is 5.83. The van der Waals surface area contributed by atoms with Crippen molar-refractivity contribution in [2.75, 3.05) is 0 Å². The fourth-order valence-electron chi connectivity index (χ4n) is 4.09. The molecule has 150 valence electrons. The number of nitrogens with one attached hydrogen (secondary N) is 2. The zero-order chi connectivity index (χ0) is 20.5. The molecule has 4 nitrogen and oxygen atoms in total. The third-order valence-electron chi connectivity index (χ3n) is 5.58. The van der Waals surface area contributed by atoms with Gasteiger partial charge in [0.2, 0.25) is 0 Å². The Balaban J connectivity index is 1.51. The summed E-state index contributed by atoms with van der Waals surface area (Å²) >= 11 is 0. The Kier molecular flexibility index (Phi) is 4.83. The van der Waals surface area contributed by atoms with Gasteiger partial charge in [-0.15, -0.1) is 0 Å². The van der Waals surface area contributed by atoms with E-state index >= 15 is 0 Å². The van der Waals surface area contributed by atoms with E-state index in [2.05, 4.69) is 84.5 Å². The molecule has 0 saturated carbocycles. The predicted octanol–water partition coefficient (Wildman–Crippen LogP) is 6.68. The molecule has 0 aliphatic rings. The third-order valence-corrected chi connectivity index (χ3v) is 5.58. The average molecular weight is 395 g/mol. The molecule has 0 spiro atoms. The lowest BCUT2D eigenvalue weighted by molar-refractivity contribution is 0.923. The minimum Gasteiger partial charge on any atom is -0.338 e. The SMILES string of the molecule is CCCc1ccc2nc(-c3cccc(-c4nc5ccc(CCC)cc5[nH]4)c3)[nH]c2c1. The minimum atomic E-state index is 0.891. The normalized spacial score (nSPS) is 11.5. The Morgan fingerprint density at radius 1 is 0.633 bits per heavy atom. The van der Waals surface area contributed by atoms with Crippen LogP contribution in [0.15, 0.2) is 60.7 Å². The Bertz CT molecular complexity index is 1230. The number of nitrogens with zero attached hydrogens (tertiary/aromatic N) is 2. The number of aromatic amines is 2. The van der Waals surface area contributed by atoms with Crippen LogP contribution in [-0.2, 0) is 12.8 Å². The van der Waals surface area contributed by atoms with Gasteiger partial charge < -0.3 is 9.97 Å². The van der Waals surface area contributed by atoms with Crippen LogP contribution in [0.5, 0.6) is 0 Å². The smallest absolute Gasteiger partial charge is 0.138 e. The van der Waals surface area contributed by atoms with Gasteiger partial charge in [-0.05, 0) is 54.3 Å². The summed E-state index contributed by atoms with van der Waals surface area (Å²) in [6.45, 7) is 4.41. The Labute approximate surface area is 176 Å². The van der Waals surface area contributed by atoms with Crippen LogP contribution >= 0.6 is 0 Å². The molecule has 5 rings (SSSR count). The van der Waals surface area contributed by atoms with Gasteiger partial charge in [0.05, 0.1) is 22.1 Å². The first-order chi connectivity index (χ1) is 14.7. The van der Waals surface area contributed by atoms with Gasteiger partial charge in [-0.3, -0.25) is 0 Å². The van der Waals surface area contributed by atoms with E-state index in [1.54, 1.807) is 0 Å². The number of H-pyrrole nitrogens is 2. The maximum atomic E-state index is 4.81. The molecule has 3 aromatic carbocycles. The van der Waals surface area contributed by atoms with Gasteiger partial charge in [-0.25, -0.2) is 9.97 Å². The van der Waals surface area contributed by atoms with Crippen molar-refractivity contribution in [3.8, 4) is 22.8 Å². The van der Waals surface area contributed by atoms with Gasteiger partial charge in [0.1, 0.15) is 11.6 Å². The van der Waals surface area contributed by atoms with Gasteiger partial charge in [0.15, 0.2) is 0 Å². The topological polar surface area (TPSA) is 57.4 Å². The highest BCUT2D eigenvalue weighted by Gasteiger charge is 2.10. The highest BCUT2D eigenvalue weighted by Crippen LogP contribution is 2.27. The third kappa shape index (κ3) is 3.50. The second-order valence-electron chi connectivity index (χ2n) is 7.95. The zero-order valence-electron chi connectivity index (χ0n) is 17.5. The van der Waals surface area contributed by atoms with E-state index < -0.39 is 0 Å². The predicted molar refractivity (Wildman–Crippen MR) is 125 cm³/mol. The molecular formula is C26H26N4. The van der Waals surface area contributed by atoms with E-state index in [4.69, 9.17) is 9.97 Å². The summed E-state index contributed by atoms with van der Waals surface area (Å²) in [5, 5.41) is 0. The first kappa shape index (κ1) is 18.6. The van der Waals surface area contributed by atoms with Crippen molar-refractivity contribution >= 4 is 22.1 Å². The molecule has 2 aromatic heterocycles. The number of aryl methyl sites for hydroxylation is 2. The molecule has 0 atom stereocenters. The van der Waals surface area contributed by atoms with Crippen LogP contribution in [0.3, 0.4) is 0 Å². The van der Waals surface area contributed by atoms with E-state index in [0.29, 0.717) is 0 Å². The number of hydrogen-bond donors (Lipinski definition) is 2. The fraction of sp³-hybridized carbons (Fsp3) is 0.231. The summed E-state index contributed by atoms with van der Waals surface area (Å²) in [4.78, 5) is 16.6. The lowest BCUT2D eigenvalue weighted by atomic mass is 10.1. The standard InChI is InChI=1S/C26H26N4/c1-3-6-17-10-12-21-23(14-17)29-25(27-21)19-8-5-9-20(16-19)26-28-22-13-11-18(7-4-2)15-24(22)30-26/h5,8-16H,3-4,6-7H2,1-2H3,(H,27,29)(H,28,30). The number of fused-ring (bicyclic) bond motifs is 2. The number of imidazole rings is 2. The Hall–Kier alpha value is -3.40. The van der Waals surface area contributed by atoms with Crippen LogP contribution in [0.2, 0.25) is 0 Å². The fourth-order valence-corrected chi connectivity index (χ4v) is 4.09. The monoisotopic (exact) mass is 394 g/mol. The van der Waals surface area contributed by atoms with Crippen LogP contribution < -0.4 is 0 Å². The van der Waals surface area contributed by atoms with Crippen molar-refractivity contribution in [2.45, 2.75) is 39.5 Å². The summed E-state index contributed by atoms with van der Waals surface area (Å²) in [6, 6.07) is 21.4. The molecule has 0 amide bonds. The number of rotatable bonds is 6. The maximum absolute atomic E-state index is 4.81. The van der Waals surface area contributed by atoms with E-state index in [1.165, 1.54) is 11.1 Å². The second-order valence-corrected chi connectivity index (χ2v) is 7.95. The molecular weight excluding hydrogens is 368 g/mol. The van der Waals surface area contributed by atoms with E-state index in [-0.39, 0.29) is 0 Å². The van der Waals surface area contributed by atoms with Crippen molar-refractivity contribution in [3.05, 3.63) is 71.8 Å². The molecule has 0 bridgehead atoms. The Morgan fingerprint density at radius 2 is 1.13 bits per heavy atom. The molecule has 0 aliphatic carbocycles. The van der Waals surface area contributed by atoms with E-state index in [1.807, 2.05) is 0 Å². The first-order valence-electron chi connectivity index (χ1n) is 10.8. The second kappa shape index (κ2) is 7.79. The first-order valence-corrected chi connectivity index (χ1v) is 10.8. The van der Waals surface area contributed by atoms with Gasteiger partial charge in [-0.2, -0.15) is 0 Å². The molecule has 5 aromatic rings. The van der Waals surface area contributed by atoms with Crippen LogP contribution in [0, 0.1) is 0 Å². The lowest BCUT2D eigenvalue weighted by Gasteiger charge is -2.00. The lowest BCUT2D eigenvalue weighted by Crippen LogP contribution is -1.84. The number of hydrogen-bond acceptors (Lipinski definition) is 2. The molecule has 2 N–H and O–H groups in total. The quantitative estimate of drug-likeness (QED) is 0.337. The van der Waals surface area contributed by atoms with Gasteiger partial charge >= 0.3 is 0 Å². The highest BCUT2D eigenvalue weighted by atomic mass is 14.9. The zero-order valence-corrected chi connectivity index (χ0v) is 17.5. The van der Waals surface area contributed by atoms with Crippen LogP contribution in [-0.4, -0.2) is 19.9 Å². The Morgan fingerprint density at radius 3 is 1.60 bits per heavy atom. The largest absolute Gasteiger partial charge is 0.338 e. The molecule has 0 aliphatic heterocycles. The molecule has 4 heteroatoms. The van der Waals surface area contributed by atoms with Crippen LogP contribution in [0.1, 0.15) is 37.8 Å². The summed E-state index contributed by atoms with van der Waals surface area (Å²) < 4.78 is 0. The van der Waals surface area contributed by atoms with E-state index in [0.717, 1.165) is 70.5 Å². The molecule has 0 fully saturated rings. The number of benzene rings is 3. The van der Waals surface area contributed by atoms with Gasteiger partial charge in [0, 0.05) is 11.1 Å². The summed E-state index contributed by atoms with van der Waals surface area (Å²) in [7, 11) is 0. The van der Waals surface area contributed by atoms with Crippen molar-refractivity contribution in [3.63, 3.8) is 0 Å². The minimum absolute atomic E-state index is 0.891. The van der Waals surface area contributed by atoms with Crippen molar-refractivity contribution < 1.29 is 0 Å². The molecule has 30 heavy (non-hydrogen) atoms. The van der Waals surface area contributed by atoms with Crippen molar-refractivity contribution in [1.29, 1.82) is 0 Å². The maximum Gasteiger partial charge on any atom is 0.138 e. The number of aromatic nitrogens is 4. The van der Waals surface area contributed by atoms with Crippen LogP contribution in [0.4, 0.5) is 0 Å². The summed E-state index contributed by atoms with van der Waals surface area (Å²) in [5.41, 5.74) is 9.00. The molecule has 2 heterocycles. The summed E-state index contributed by atoms with van der Waals surface area (Å²) in [5.74, 6) is 1.78. The molecule has 0 unspecified atom stereocenters. The van der Waals surface area contributed by atoms with Crippen LogP contribution in [0.25, 0.3) is 44.8 Å². The average Bonchev–Trinajstić information content (AvgIpc) is 3.38. The molecule has 0 saturated heterocycles.